The SMILES string of the molecule is [CH2]CC1CCN(S(C)(=O)=O)CC1. The van der Waals surface area contributed by atoms with Gasteiger partial charge in [0.1, 0.15) is 0 Å². The van der Waals surface area contributed by atoms with Crippen LogP contribution < -0.4 is 0 Å². The fraction of sp³-hybridized carbons (Fsp3) is 0.875. The number of piperidine rings is 1. The first-order valence-corrected chi connectivity index (χ1v) is 6.13. The molecule has 1 radical (unpaired) electrons. The molecule has 0 aromatic rings. The van der Waals surface area contributed by atoms with E-state index in [0.717, 1.165) is 19.3 Å². The van der Waals surface area contributed by atoms with E-state index in [1.807, 2.05) is 0 Å². The largest absolute Gasteiger partial charge is 0.213 e. The highest BCUT2D eigenvalue weighted by molar-refractivity contribution is 7.88. The number of rotatable bonds is 2. The van der Waals surface area contributed by atoms with Gasteiger partial charge in [0.15, 0.2) is 0 Å². The smallest absolute Gasteiger partial charge is 0.211 e. The lowest BCUT2D eigenvalue weighted by molar-refractivity contribution is 0.276. The van der Waals surface area contributed by atoms with Crippen LogP contribution in [0.5, 0.6) is 0 Å². The molecule has 0 N–H and O–H groups in total. The minimum atomic E-state index is -2.94. The fourth-order valence-corrected chi connectivity index (χ4v) is 2.40. The molecule has 0 spiro atoms. The highest BCUT2D eigenvalue weighted by Crippen LogP contribution is 2.20. The maximum atomic E-state index is 11.1. The Bertz CT molecular complexity index is 227. The summed E-state index contributed by atoms with van der Waals surface area (Å²) in [5, 5.41) is 0. The summed E-state index contributed by atoms with van der Waals surface area (Å²) in [5.74, 6) is 0.628. The van der Waals surface area contributed by atoms with Gasteiger partial charge in [-0.25, -0.2) is 12.7 Å². The molecule has 0 amide bonds. The molecule has 1 heterocycles. The van der Waals surface area contributed by atoms with Gasteiger partial charge in [0.25, 0.3) is 0 Å². The Kier molecular flexibility index (Phi) is 3.12. The Balaban J connectivity index is 2.47. The predicted molar refractivity (Wildman–Crippen MR) is 49.1 cm³/mol. The van der Waals surface area contributed by atoms with Crippen molar-refractivity contribution in [1.29, 1.82) is 0 Å². The van der Waals surface area contributed by atoms with Crippen LogP contribution in [0.1, 0.15) is 19.3 Å². The average molecular weight is 190 g/mol. The molecular weight excluding hydrogens is 174 g/mol. The van der Waals surface area contributed by atoms with E-state index in [4.69, 9.17) is 0 Å². The number of hydrogen-bond donors (Lipinski definition) is 0. The van der Waals surface area contributed by atoms with Crippen LogP contribution in [0.25, 0.3) is 0 Å². The monoisotopic (exact) mass is 190 g/mol. The van der Waals surface area contributed by atoms with Gasteiger partial charge in [-0.1, -0.05) is 13.3 Å². The van der Waals surface area contributed by atoms with Crippen molar-refractivity contribution in [2.45, 2.75) is 19.3 Å². The van der Waals surface area contributed by atoms with Crippen molar-refractivity contribution in [2.24, 2.45) is 5.92 Å². The van der Waals surface area contributed by atoms with Gasteiger partial charge in [-0.3, -0.25) is 0 Å². The maximum Gasteiger partial charge on any atom is 0.211 e. The second kappa shape index (κ2) is 3.75. The molecule has 1 rings (SSSR count). The van der Waals surface area contributed by atoms with E-state index in [-0.39, 0.29) is 0 Å². The summed E-state index contributed by atoms with van der Waals surface area (Å²) in [6.45, 7) is 5.19. The molecule has 3 nitrogen and oxygen atoms in total. The molecule has 1 aliphatic heterocycles. The fourth-order valence-electron chi connectivity index (χ4n) is 1.53. The number of hydrogen-bond acceptors (Lipinski definition) is 2. The van der Waals surface area contributed by atoms with Crippen LogP contribution in [0.3, 0.4) is 0 Å². The number of sulfonamides is 1. The third-order valence-corrected chi connectivity index (χ3v) is 3.75. The van der Waals surface area contributed by atoms with Crippen molar-refractivity contribution in [3.63, 3.8) is 0 Å². The van der Waals surface area contributed by atoms with Crippen molar-refractivity contribution in [3.8, 4) is 0 Å². The molecule has 12 heavy (non-hydrogen) atoms. The summed E-state index contributed by atoms with van der Waals surface area (Å²) >= 11 is 0. The summed E-state index contributed by atoms with van der Waals surface area (Å²) < 4.78 is 23.7. The highest BCUT2D eigenvalue weighted by atomic mass is 32.2. The van der Waals surface area contributed by atoms with Crippen LogP contribution in [0, 0.1) is 12.8 Å². The van der Waals surface area contributed by atoms with Crippen LogP contribution >= 0.6 is 0 Å². The Morgan fingerprint density at radius 2 is 1.92 bits per heavy atom. The first-order valence-electron chi connectivity index (χ1n) is 4.28. The Morgan fingerprint density at radius 3 is 2.25 bits per heavy atom. The Morgan fingerprint density at radius 1 is 1.42 bits per heavy atom. The van der Waals surface area contributed by atoms with Gasteiger partial charge >= 0.3 is 0 Å². The molecule has 0 aliphatic carbocycles. The topological polar surface area (TPSA) is 37.4 Å². The highest BCUT2D eigenvalue weighted by Gasteiger charge is 2.23. The lowest BCUT2D eigenvalue weighted by atomic mass is 9.96. The van der Waals surface area contributed by atoms with Gasteiger partial charge in [-0.15, -0.1) is 0 Å². The molecular formula is C8H16NO2S. The zero-order valence-electron chi connectivity index (χ0n) is 7.49. The zero-order chi connectivity index (χ0) is 9.19. The Labute approximate surface area is 74.8 Å². The van der Waals surface area contributed by atoms with E-state index in [1.165, 1.54) is 6.26 Å². The first-order chi connectivity index (χ1) is 5.54. The molecule has 0 unspecified atom stereocenters. The van der Waals surface area contributed by atoms with Crippen LogP contribution in [0.2, 0.25) is 0 Å². The minimum Gasteiger partial charge on any atom is -0.213 e. The summed E-state index contributed by atoms with van der Waals surface area (Å²) in [4.78, 5) is 0. The van der Waals surface area contributed by atoms with Crippen molar-refractivity contribution in [2.75, 3.05) is 19.3 Å². The van der Waals surface area contributed by atoms with E-state index < -0.39 is 10.0 Å². The van der Waals surface area contributed by atoms with E-state index >= 15 is 0 Å². The standard InChI is InChI=1S/C8H16NO2S/c1-3-8-4-6-9(7-5-8)12(2,10)11/h8H,1,3-7H2,2H3. The normalized spacial score (nSPS) is 22.8. The molecule has 1 saturated heterocycles. The van der Waals surface area contributed by atoms with Gasteiger partial charge in [-0.2, -0.15) is 0 Å². The maximum absolute atomic E-state index is 11.1. The Hall–Kier alpha value is -0.0900. The van der Waals surface area contributed by atoms with Crippen LogP contribution in [0.15, 0.2) is 0 Å². The van der Waals surface area contributed by atoms with E-state index in [9.17, 15) is 8.42 Å². The molecule has 71 valence electrons. The van der Waals surface area contributed by atoms with Gasteiger partial charge in [0.2, 0.25) is 10.0 Å². The quantitative estimate of drug-likeness (QED) is 0.648. The summed E-state index contributed by atoms with van der Waals surface area (Å²) in [6.07, 6.45) is 4.14. The van der Waals surface area contributed by atoms with Crippen molar-refractivity contribution >= 4 is 10.0 Å². The molecule has 4 heteroatoms. The second-order valence-corrected chi connectivity index (χ2v) is 5.38. The molecule has 0 atom stereocenters. The third kappa shape index (κ3) is 2.45. The van der Waals surface area contributed by atoms with Crippen molar-refractivity contribution in [1.82, 2.24) is 4.31 Å². The molecule has 0 aromatic carbocycles. The predicted octanol–water partition coefficient (Wildman–Crippen LogP) is 0.882. The van der Waals surface area contributed by atoms with E-state index in [0.29, 0.717) is 19.0 Å². The van der Waals surface area contributed by atoms with Crippen molar-refractivity contribution in [3.05, 3.63) is 6.92 Å². The van der Waals surface area contributed by atoms with E-state index in [2.05, 4.69) is 6.92 Å². The van der Waals surface area contributed by atoms with Gasteiger partial charge in [0.05, 0.1) is 6.26 Å². The molecule has 1 aliphatic rings. The van der Waals surface area contributed by atoms with Crippen LogP contribution in [-0.4, -0.2) is 32.1 Å². The van der Waals surface area contributed by atoms with Gasteiger partial charge in [-0.05, 0) is 18.8 Å². The van der Waals surface area contributed by atoms with Gasteiger partial charge < -0.3 is 0 Å². The van der Waals surface area contributed by atoms with E-state index in [1.54, 1.807) is 4.31 Å². The van der Waals surface area contributed by atoms with Crippen molar-refractivity contribution < 1.29 is 8.42 Å². The zero-order valence-corrected chi connectivity index (χ0v) is 8.31. The lowest BCUT2D eigenvalue weighted by Crippen LogP contribution is -2.37. The minimum absolute atomic E-state index is 0.628. The lowest BCUT2D eigenvalue weighted by Gasteiger charge is -2.29. The molecule has 1 fully saturated rings. The first kappa shape index (κ1) is 9.99. The second-order valence-electron chi connectivity index (χ2n) is 3.39. The molecule has 0 bridgehead atoms. The third-order valence-electron chi connectivity index (χ3n) is 2.45. The van der Waals surface area contributed by atoms with Crippen LogP contribution in [0.4, 0.5) is 0 Å². The number of nitrogens with zero attached hydrogens (tertiary/aromatic N) is 1. The average Bonchev–Trinajstić information content (AvgIpc) is 2.03. The van der Waals surface area contributed by atoms with Crippen LogP contribution in [-0.2, 0) is 10.0 Å². The summed E-state index contributed by atoms with van der Waals surface area (Å²) in [5.41, 5.74) is 0. The molecule has 0 saturated carbocycles. The van der Waals surface area contributed by atoms with Gasteiger partial charge in [0, 0.05) is 13.1 Å². The molecule has 0 aromatic heterocycles. The summed E-state index contributed by atoms with van der Waals surface area (Å²) in [7, 11) is -2.94. The summed E-state index contributed by atoms with van der Waals surface area (Å²) in [6, 6.07) is 0.